The Morgan fingerprint density at radius 2 is 1.94 bits per heavy atom. The van der Waals surface area contributed by atoms with Crippen molar-refractivity contribution in [2.45, 2.75) is 97.7 Å². The molecule has 182 valence electrons. The van der Waals surface area contributed by atoms with E-state index in [-0.39, 0.29) is 18.6 Å². The minimum Gasteiger partial charge on any atom is -0.465 e. The van der Waals surface area contributed by atoms with Crippen molar-refractivity contribution in [1.82, 2.24) is 15.0 Å². The average Bonchev–Trinajstić information content (AvgIpc) is 3.33. The Morgan fingerprint density at radius 3 is 2.53 bits per heavy atom. The Hall–Kier alpha value is -2.20. The van der Waals surface area contributed by atoms with Crippen molar-refractivity contribution in [2.75, 3.05) is 19.8 Å². The van der Waals surface area contributed by atoms with Gasteiger partial charge in [-0.15, -0.1) is 0 Å². The fourth-order valence-electron chi connectivity index (χ4n) is 3.43. The van der Waals surface area contributed by atoms with E-state index in [0.717, 1.165) is 6.42 Å². The Labute approximate surface area is 189 Å². The molecule has 0 spiro atoms. The molecule has 1 aromatic heterocycles. The molecule has 0 radical (unpaired) electrons. The van der Waals surface area contributed by atoms with Crippen LogP contribution in [0.4, 0.5) is 4.79 Å². The molecule has 1 aliphatic rings. The molecule has 10 nitrogen and oxygen atoms in total. The number of hydrogen-bond acceptors (Lipinski definition) is 9. The normalized spacial score (nSPS) is 19.0. The summed E-state index contributed by atoms with van der Waals surface area (Å²) in [6.45, 7) is 15.3. The largest absolute Gasteiger partial charge is 0.465 e. The lowest BCUT2D eigenvalue weighted by Gasteiger charge is -2.33. The molecule has 2 rings (SSSR count). The van der Waals surface area contributed by atoms with E-state index >= 15 is 0 Å². The standard InChI is InChI=1S/C22H37N3O7/c1-9-28-15(3)30-17(16-11-10-12-25(16)20(27)31-21(4,5)6)18-23-19(32-24-18)22(7,8)13-29-14(2)26/h15-17H,9-13H2,1-8H3/t15-,16?,17?/m0/s1. The van der Waals surface area contributed by atoms with Crippen LogP contribution in [-0.4, -0.2) is 64.8 Å². The molecule has 1 amide bonds. The summed E-state index contributed by atoms with van der Waals surface area (Å²) in [6.07, 6.45) is -0.119. The summed E-state index contributed by atoms with van der Waals surface area (Å²) in [4.78, 5) is 30.3. The van der Waals surface area contributed by atoms with Gasteiger partial charge < -0.3 is 28.4 Å². The Kier molecular flexibility index (Phi) is 8.64. The van der Waals surface area contributed by atoms with Gasteiger partial charge in [-0.1, -0.05) is 5.16 Å². The van der Waals surface area contributed by atoms with Crippen molar-refractivity contribution < 1.29 is 33.1 Å². The van der Waals surface area contributed by atoms with Crippen molar-refractivity contribution in [1.29, 1.82) is 0 Å². The predicted molar refractivity (Wildman–Crippen MR) is 115 cm³/mol. The second-order valence-electron chi connectivity index (χ2n) is 9.58. The third-order valence-electron chi connectivity index (χ3n) is 4.93. The van der Waals surface area contributed by atoms with Crippen LogP contribution in [0, 0.1) is 0 Å². The number of ether oxygens (including phenoxy) is 4. The minimum absolute atomic E-state index is 0.0955. The monoisotopic (exact) mass is 455 g/mol. The third kappa shape index (κ3) is 7.16. The zero-order valence-electron chi connectivity index (χ0n) is 20.5. The summed E-state index contributed by atoms with van der Waals surface area (Å²) in [5.41, 5.74) is -1.30. The zero-order valence-corrected chi connectivity index (χ0v) is 20.5. The van der Waals surface area contributed by atoms with E-state index in [9.17, 15) is 9.59 Å². The van der Waals surface area contributed by atoms with Gasteiger partial charge in [0.25, 0.3) is 0 Å². The SMILES string of the molecule is CCO[C@H](C)OC(c1noc(C(C)(C)COC(C)=O)n1)C1CCCN1C(=O)OC(C)(C)C. The lowest BCUT2D eigenvalue weighted by Crippen LogP contribution is -2.44. The van der Waals surface area contributed by atoms with Gasteiger partial charge in [0.2, 0.25) is 11.7 Å². The fraction of sp³-hybridized carbons (Fsp3) is 0.818. The maximum Gasteiger partial charge on any atom is 0.410 e. The quantitative estimate of drug-likeness (QED) is 0.406. The first kappa shape index (κ1) is 26.1. The second-order valence-corrected chi connectivity index (χ2v) is 9.58. The number of nitrogens with zero attached hydrogens (tertiary/aromatic N) is 3. The van der Waals surface area contributed by atoms with Gasteiger partial charge in [-0.05, 0) is 61.3 Å². The second kappa shape index (κ2) is 10.6. The summed E-state index contributed by atoms with van der Waals surface area (Å²) < 4.78 is 28.0. The van der Waals surface area contributed by atoms with Crippen LogP contribution < -0.4 is 0 Å². The van der Waals surface area contributed by atoms with Gasteiger partial charge in [0.1, 0.15) is 18.3 Å². The van der Waals surface area contributed by atoms with Crippen LogP contribution in [-0.2, 0) is 29.2 Å². The van der Waals surface area contributed by atoms with Gasteiger partial charge >= 0.3 is 12.1 Å². The van der Waals surface area contributed by atoms with E-state index in [1.54, 1.807) is 11.8 Å². The number of rotatable bonds is 9. The van der Waals surface area contributed by atoms with Crippen molar-refractivity contribution >= 4 is 12.1 Å². The van der Waals surface area contributed by atoms with Crippen LogP contribution in [0.1, 0.15) is 86.1 Å². The first-order valence-electron chi connectivity index (χ1n) is 11.1. The van der Waals surface area contributed by atoms with E-state index in [1.807, 2.05) is 41.5 Å². The first-order chi connectivity index (χ1) is 14.8. The Morgan fingerprint density at radius 1 is 1.25 bits per heavy atom. The van der Waals surface area contributed by atoms with Gasteiger partial charge in [-0.3, -0.25) is 4.79 Å². The summed E-state index contributed by atoms with van der Waals surface area (Å²) in [7, 11) is 0. The minimum atomic E-state index is -0.687. The molecule has 1 aliphatic heterocycles. The summed E-state index contributed by atoms with van der Waals surface area (Å²) in [5, 5.41) is 4.15. The maximum absolute atomic E-state index is 12.8. The maximum atomic E-state index is 12.8. The molecule has 32 heavy (non-hydrogen) atoms. The molecule has 1 saturated heterocycles. The third-order valence-corrected chi connectivity index (χ3v) is 4.93. The topological polar surface area (TPSA) is 113 Å². The molecule has 2 heterocycles. The highest BCUT2D eigenvalue weighted by atomic mass is 16.7. The lowest BCUT2D eigenvalue weighted by molar-refractivity contribution is -0.174. The Bertz CT molecular complexity index is 772. The van der Waals surface area contributed by atoms with Gasteiger partial charge in [-0.25, -0.2) is 4.79 Å². The molecule has 0 saturated carbocycles. The predicted octanol–water partition coefficient (Wildman–Crippen LogP) is 3.75. The molecule has 10 heteroatoms. The molecule has 1 fully saturated rings. The van der Waals surface area contributed by atoms with Crippen LogP contribution in [0.5, 0.6) is 0 Å². The van der Waals surface area contributed by atoms with Crippen molar-refractivity contribution in [3.05, 3.63) is 11.7 Å². The molecule has 3 atom stereocenters. The van der Waals surface area contributed by atoms with Gasteiger partial charge in [0.15, 0.2) is 6.29 Å². The van der Waals surface area contributed by atoms with E-state index in [1.165, 1.54) is 6.92 Å². The van der Waals surface area contributed by atoms with E-state index in [4.69, 9.17) is 23.5 Å². The molecular formula is C22H37N3O7. The van der Waals surface area contributed by atoms with E-state index in [2.05, 4.69) is 10.1 Å². The van der Waals surface area contributed by atoms with Crippen molar-refractivity contribution in [3.63, 3.8) is 0 Å². The molecule has 0 aliphatic carbocycles. The smallest absolute Gasteiger partial charge is 0.410 e. The van der Waals surface area contributed by atoms with Gasteiger partial charge in [0, 0.05) is 20.1 Å². The van der Waals surface area contributed by atoms with Crippen LogP contribution in [0.2, 0.25) is 0 Å². The molecular weight excluding hydrogens is 418 g/mol. The van der Waals surface area contributed by atoms with Crippen molar-refractivity contribution in [2.24, 2.45) is 0 Å². The highest BCUT2D eigenvalue weighted by molar-refractivity contribution is 5.69. The lowest BCUT2D eigenvalue weighted by atomic mass is 9.95. The van der Waals surface area contributed by atoms with Gasteiger partial charge in [0.05, 0.1) is 11.5 Å². The number of aromatic nitrogens is 2. The summed E-state index contributed by atoms with van der Waals surface area (Å²) >= 11 is 0. The van der Waals surface area contributed by atoms with E-state index < -0.39 is 29.5 Å². The average molecular weight is 456 g/mol. The molecule has 1 aromatic rings. The number of esters is 1. The molecule has 2 unspecified atom stereocenters. The van der Waals surface area contributed by atoms with Crippen molar-refractivity contribution in [3.8, 4) is 0 Å². The first-order valence-corrected chi connectivity index (χ1v) is 11.1. The molecule has 0 aromatic carbocycles. The van der Waals surface area contributed by atoms with Gasteiger partial charge in [-0.2, -0.15) is 4.98 Å². The van der Waals surface area contributed by atoms with Crippen LogP contribution in [0.3, 0.4) is 0 Å². The summed E-state index contributed by atoms with van der Waals surface area (Å²) in [5.74, 6) is 0.236. The highest BCUT2D eigenvalue weighted by Gasteiger charge is 2.42. The van der Waals surface area contributed by atoms with Crippen LogP contribution in [0.25, 0.3) is 0 Å². The Balaban J connectivity index is 2.30. The zero-order chi connectivity index (χ0) is 24.1. The highest BCUT2D eigenvalue weighted by Crippen LogP contribution is 2.34. The number of carbonyl (C=O) groups is 2. The summed E-state index contributed by atoms with van der Waals surface area (Å²) in [6, 6.07) is -0.338. The van der Waals surface area contributed by atoms with Crippen LogP contribution >= 0.6 is 0 Å². The number of likely N-dealkylation sites (tertiary alicyclic amines) is 1. The number of carbonyl (C=O) groups excluding carboxylic acids is 2. The molecule has 0 bridgehead atoms. The fourth-order valence-corrected chi connectivity index (χ4v) is 3.43. The van der Waals surface area contributed by atoms with Crippen LogP contribution in [0.15, 0.2) is 4.52 Å². The number of hydrogen-bond donors (Lipinski definition) is 0. The van der Waals surface area contributed by atoms with E-state index in [0.29, 0.717) is 31.3 Å². The molecule has 0 N–H and O–H groups in total. The number of amides is 1.